The number of hydrogen-bond acceptors (Lipinski definition) is 3. The summed E-state index contributed by atoms with van der Waals surface area (Å²) in [6.07, 6.45) is 0.905. The quantitative estimate of drug-likeness (QED) is 0.329. The van der Waals surface area contributed by atoms with Crippen molar-refractivity contribution in [3.63, 3.8) is 0 Å². The van der Waals surface area contributed by atoms with Gasteiger partial charge in [0.05, 0.1) is 0 Å². The first kappa shape index (κ1) is 19.9. The molecule has 0 bridgehead atoms. The Morgan fingerprint density at radius 1 is 0.815 bits per heavy atom. The van der Waals surface area contributed by atoms with Crippen molar-refractivity contribution in [2.75, 3.05) is 13.2 Å². The van der Waals surface area contributed by atoms with E-state index in [1.54, 1.807) is 0 Å². The first-order chi connectivity index (χ1) is 13.2. The van der Waals surface area contributed by atoms with Gasteiger partial charge >= 0.3 is 168 Å². The minimum atomic E-state index is -3.73. The molecule has 0 saturated heterocycles. The molecular weight excluding hydrogens is 423 g/mol. The number of carbonyl (C=O) groups excluding carboxylic acids is 1. The molecular formula is C22H22BrO3P. The van der Waals surface area contributed by atoms with Gasteiger partial charge in [-0.1, -0.05) is 0 Å². The summed E-state index contributed by atoms with van der Waals surface area (Å²) < 4.78 is 6.07. The summed E-state index contributed by atoms with van der Waals surface area (Å²) in [6, 6.07) is 29.6. The van der Waals surface area contributed by atoms with Gasteiger partial charge in [-0.25, -0.2) is 0 Å². The van der Waals surface area contributed by atoms with Crippen LogP contribution >= 0.6 is 22.8 Å². The molecule has 0 aromatic heterocycles. The Bertz CT molecular complexity index is 772. The zero-order valence-electron chi connectivity index (χ0n) is 14.8. The van der Waals surface area contributed by atoms with Gasteiger partial charge in [-0.05, 0) is 0 Å². The van der Waals surface area contributed by atoms with Crippen LogP contribution in [0.1, 0.15) is 0 Å². The third kappa shape index (κ3) is 3.07. The van der Waals surface area contributed by atoms with Crippen molar-refractivity contribution in [1.29, 1.82) is 0 Å². The SMILES string of the molecule is O=CC(Br)P(OCCO)(c1ccccc1)(c1ccccc1)c1ccccc1. The number of aliphatic hydroxyl groups excluding tert-OH is 1. The van der Waals surface area contributed by atoms with Crippen LogP contribution in [0, 0.1) is 0 Å². The maximum absolute atomic E-state index is 12.3. The summed E-state index contributed by atoms with van der Waals surface area (Å²) in [5.74, 6) is 0. The predicted octanol–water partition coefficient (Wildman–Crippen LogP) is 3.36. The number of alkyl halides is 1. The van der Waals surface area contributed by atoms with Gasteiger partial charge in [-0.15, -0.1) is 0 Å². The summed E-state index contributed by atoms with van der Waals surface area (Å²) in [4.78, 5) is 12.3. The fraction of sp³-hybridized carbons (Fsp3) is 0.136. The zero-order chi connectivity index (χ0) is 19.2. The molecule has 0 aliphatic rings. The van der Waals surface area contributed by atoms with Crippen LogP contribution in [0.4, 0.5) is 0 Å². The Morgan fingerprint density at radius 2 is 1.19 bits per heavy atom. The van der Waals surface area contributed by atoms with Crippen molar-refractivity contribution in [3.8, 4) is 0 Å². The number of rotatable bonds is 8. The van der Waals surface area contributed by atoms with Crippen molar-refractivity contribution in [2.45, 2.75) is 4.57 Å². The number of benzene rings is 3. The molecule has 0 saturated carbocycles. The van der Waals surface area contributed by atoms with Crippen LogP contribution in [-0.4, -0.2) is 29.2 Å². The van der Waals surface area contributed by atoms with Crippen LogP contribution < -0.4 is 15.9 Å². The minimum absolute atomic E-state index is 0.118. The molecule has 0 fully saturated rings. The van der Waals surface area contributed by atoms with Crippen molar-refractivity contribution >= 4 is 45.0 Å². The Hall–Kier alpha value is -1.84. The molecule has 3 aromatic rings. The number of halogens is 1. The average molecular weight is 445 g/mol. The Kier molecular flexibility index (Phi) is 6.23. The van der Waals surface area contributed by atoms with Crippen LogP contribution in [0.2, 0.25) is 0 Å². The van der Waals surface area contributed by atoms with Crippen LogP contribution in [0.15, 0.2) is 91.0 Å². The molecule has 1 N–H and O–H groups in total. The fourth-order valence-electron chi connectivity index (χ4n) is 3.69. The monoisotopic (exact) mass is 444 g/mol. The predicted molar refractivity (Wildman–Crippen MR) is 117 cm³/mol. The third-order valence-electron chi connectivity index (χ3n) is 4.84. The molecule has 140 valence electrons. The molecule has 0 radical (unpaired) electrons. The van der Waals surface area contributed by atoms with E-state index in [0.717, 1.165) is 22.2 Å². The second-order valence-corrected chi connectivity index (χ2v) is 12.4. The second kappa shape index (κ2) is 8.45. The van der Waals surface area contributed by atoms with Gasteiger partial charge in [0, 0.05) is 0 Å². The first-order valence-electron chi connectivity index (χ1n) is 8.74. The topological polar surface area (TPSA) is 46.5 Å². The summed E-state index contributed by atoms with van der Waals surface area (Å²) in [5.41, 5.74) is 0. The summed E-state index contributed by atoms with van der Waals surface area (Å²) in [5, 5.41) is 12.4. The van der Waals surface area contributed by atoms with E-state index >= 15 is 0 Å². The van der Waals surface area contributed by atoms with Gasteiger partial charge < -0.3 is 0 Å². The zero-order valence-corrected chi connectivity index (χ0v) is 17.3. The third-order valence-corrected chi connectivity index (χ3v) is 13.2. The van der Waals surface area contributed by atoms with Gasteiger partial charge in [0.2, 0.25) is 0 Å². The molecule has 3 aromatic carbocycles. The maximum atomic E-state index is 12.3. The number of aliphatic hydroxyl groups is 1. The molecule has 0 heterocycles. The first-order valence-corrected chi connectivity index (χ1v) is 11.9. The summed E-state index contributed by atoms with van der Waals surface area (Å²) >= 11 is 3.68. The Balaban J connectivity index is 2.54. The number of carbonyl (C=O) groups is 1. The Labute approximate surface area is 168 Å². The molecule has 1 unspecified atom stereocenters. The van der Waals surface area contributed by atoms with E-state index in [0.29, 0.717) is 0 Å². The molecule has 3 rings (SSSR count). The summed E-state index contributed by atoms with van der Waals surface area (Å²) in [6.45, 7) is -3.75. The molecule has 1 atom stereocenters. The summed E-state index contributed by atoms with van der Waals surface area (Å²) in [7, 11) is 0. The van der Waals surface area contributed by atoms with Crippen LogP contribution in [0.3, 0.4) is 0 Å². The van der Waals surface area contributed by atoms with Crippen molar-refractivity contribution in [1.82, 2.24) is 0 Å². The molecule has 0 amide bonds. The standard InChI is InChI=1S/C22H22BrO3P/c23-22(18-25)27(26-17-16-24,19-10-4-1-5-11-19,20-12-6-2-7-13-20)21-14-8-3-9-15-21/h1-15,18,22,24H,16-17H2. The Morgan fingerprint density at radius 3 is 1.48 bits per heavy atom. The average Bonchev–Trinajstić information content (AvgIpc) is 2.76. The van der Waals surface area contributed by atoms with E-state index in [9.17, 15) is 9.90 Å². The van der Waals surface area contributed by atoms with Crippen molar-refractivity contribution in [3.05, 3.63) is 91.0 Å². The van der Waals surface area contributed by atoms with Crippen LogP contribution in [0.25, 0.3) is 0 Å². The molecule has 0 spiro atoms. The van der Waals surface area contributed by atoms with Gasteiger partial charge in [0.25, 0.3) is 0 Å². The van der Waals surface area contributed by atoms with Gasteiger partial charge in [0.15, 0.2) is 0 Å². The fourth-order valence-corrected chi connectivity index (χ4v) is 11.5. The van der Waals surface area contributed by atoms with Crippen molar-refractivity contribution in [2.24, 2.45) is 0 Å². The van der Waals surface area contributed by atoms with Crippen molar-refractivity contribution < 1.29 is 14.4 Å². The molecule has 3 nitrogen and oxygen atoms in total. The van der Waals surface area contributed by atoms with E-state index in [1.807, 2.05) is 91.0 Å². The van der Waals surface area contributed by atoms with E-state index < -0.39 is 11.4 Å². The number of aldehydes is 1. The van der Waals surface area contributed by atoms with Crippen LogP contribution in [0.5, 0.6) is 0 Å². The molecule has 0 aliphatic carbocycles. The molecule has 5 heteroatoms. The molecule has 0 aliphatic heterocycles. The van der Waals surface area contributed by atoms with E-state index in [-0.39, 0.29) is 13.2 Å². The van der Waals surface area contributed by atoms with Gasteiger partial charge in [-0.3, -0.25) is 0 Å². The van der Waals surface area contributed by atoms with Gasteiger partial charge in [0.1, 0.15) is 0 Å². The normalized spacial score (nSPS) is 14.1. The van der Waals surface area contributed by atoms with Crippen LogP contribution in [-0.2, 0) is 9.32 Å². The van der Waals surface area contributed by atoms with Gasteiger partial charge in [-0.2, -0.15) is 0 Å². The molecule has 27 heavy (non-hydrogen) atoms. The number of hydrogen-bond donors (Lipinski definition) is 1. The van der Waals surface area contributed by atoms with E-state index in [1.165, 1.54) is 0 Å². The van der Waals surface area contributed by atoms with E-state index in [2.05, 4.69) is 15.9 Å². The van der Waals surface area contributed by atoms with E-state index in [4.69, 9.17) is 4.52 Å². The second-order valence-electron chi connectivity index (χ2n) is 6.17.